The van der Waals surface area contributed by atoms with Crippen LogP contribution in [0.2, 0.25) is 0 Å². The van der Waals surface area contributed by atoms with E-state index in [-0.39, 0.29) is 12.0 Å². The van der Waals surface area contributed by atoms with Gasteiger partial charge in [0.25, 0.3) is 0 Å². The van der Waals surface area contributed by atoms with Gasteiger partial charge in [-0.1, -0.05) is 0 Å². The number of aldehydes is 1. The molecule has 2 nitrogen and oxygen atoms in total. The summed E-state index contributed by atoms with van der Waals surface area (Å²) in [5, 5.41) is 0. The van der Waals surface area contributed by atoms with Gasteiger partial charge in [-0.25, -0.2) is 0 Å². The van der Waals surface area contributed by atoms with Gasteiger partial charge < -0.3 is 4.74 Å². The van der Waals surface area contributed by atoms with Crippen molar-refractivity contribution in [3.8, 4) is 5.75 Å². The highest BCUT2D eigenvalue weighted by Crippen LogP contribution is 2.34. The maximum Gasteiger partial charge on any atom is 0.417 e. The number of ether oxygens (including phenoxy) is 1. The molecule has 0 fully saturated rings. The molecule has 0 saturated heterocycles. The Balaban J connectivity index is 3.19. The Bertz CT molecular complexity index is 417. The molecule has 1 aromatic carbocycles. The van der Waals surface area contributed by atoms with E-state index in [1.165, 1.54) is 6.07 Å². The van der Waals surface area contributed by atoms with Crippen LogP contribution in [-0.4, -0.2) is 11.9 Å². The predicted molar refractivity (Wildman–Crippen MR) is 57.2 cm³/mol. The second kappa shape index (κ2) is 4.39. The maximum atomic E-state index is 12.6. The molecule has 0 aliphatic carbocycles. The van der Waals surface area contributed by atoms with E-state index in [2.05, 4.69) is 0 Å². The third kappa shape index (κ3) is 3.76. The van der Waals surface area contributed by atoms with Crippen molar-refractivity contribution in [3.63, 3.8) is 0 Å². The van der Waals surface area contributed by atoms with Gasteiger partial charge in [0.1, 0.15) is 11.4 Å². The summed E-state index contributed by atoms with van der Waals surface area (Å²) in [5.41, 5.74) is -1.96. The summed E-state index contributed by atoms with van der Waals surface area (Å²) in [5.74, 6) is 0.0930. The first kappa shape index (κ1) is 13.5. The minimum atomic E-state index is -4.56. The van der Waals surface area contributed by atoms with Crippen LogP contribution in [0.3, 0.4) is 0 Å². The van der Waals surface area contributed by atoms with Crippen LogP contribution in [0, 0.1) is 0 Å². The summed E-state index contributed by atoms with van der Waals surface area (Å²) < 4.78 is 43.2. The number of halogens is 3. The van der Waals surface area contributed by atoms with Crippen molar-refractivity contribution in [2.24, 2.45) is 0 Å². The average molecular weight is 246 g/mol. The lowest BCUT2D eigenvalue weighted by molar-refractivity contribution is -0.138. The molecule has 0 bridgehead atoms. The third-order valence-corrected chi connectivity index (χ3v) is 1.88. The van der Waals surface area contributed by atoms with Crippen molar-refractivity contribution in [2.45, 2.75) is 32.5 Å². The summed E-state index contributed by atoms with van der Waals surface area (Å²) in [6.07, 6.45) is -4.38. The van der Waals surface area contributed by atoms with Crippen molar-refractivity contribution in [3.05, 3.63) is 29.3 Å². The molecule has 1 rings (SSSR count). The Kier molecular flexibility index (Phi) is 3.50. The maximum absolute atomic E-state index is 12.6. The summed E-state index contributed by atoms with van der Waals surface area (Å²) in [6, 6.07) is 3.30. The number of alkyl halides is 3. The lowest BCUT2D eigenvalue weighted by Gasteiger charge is -2.22. The molecule has 0 heterocycles. The minimum absolute atomic E-state index is 0.0930. The van der Waals surface area contributed by atoms with Crippen LogP contribution in [0.5, 0.6) is 5.75 Å². The van der Waals surface area contributed by atoms with Crippen molar-refractivity contribution >= 4 is 6.29 Å². The van der Waals surface area contributed by atoms with Crippen LogP contribution < -0.4 is 4.74 Å². The minimum Gasteiger partial charge on any atom is -0.488 e. The SMILES string of the molecule is CC(C)(C)Oc1ccc(C=O)c(C(F)(F)F)c1. The van der Waals surface area contributed by atoms with Crippen LogP contribution in [0.1, 0.15) is 36.7 Å². The highest BCUT2D eigenvalue weighted by Gasteiger charge is 2.34. The van der Waals surface area contributed by atoms with E-state index in [0.717, 1.165) is 12.1 Å². The number of rotatable bonds is 2. The van der Waals surface area contributed by atoms with E-state index in [0.29, 0.717) is 0 Å². The average Bonchev–Trinajstić information content (AvgIpc) is 2.13. The fraction of sp³-hybridized carbons (Fsp3) is 0.417. The molecule has 0 radical (unpaired) electrons. The van der Waals surface area contributed by atoms with E-state index in [9.17, 15) is 18.0 Å². The molecule has 0 amide bonds. The predicted octanol–water partition coefficient (Wildman–Crippen LogP) is 3.70. The first-order chi connectivity index (χ1) is 7.63. The van der Waals surface area contributed by atoms with Gasteiger partial charge in [-0.3, -0.25) is 4.79 Å². The Labute approximate surface area is 97.4 Å². The van der Waals surface area contributed by atoms with Gasteiger partial charge in [-0.05, 0) is 39.0 Å². The smallest absolute Gasteiger partial charge is 0.417 e. The Morgan fingerprint density at radius 2 is 1.76 bits per heavy atom. The van der Waals surface area contributed by atoms with Crippen LogP contribution in [0.25, 0.3) is 0 Å². The molecule has 0 aromatic heterocycles. The van der Waals surface area contributed by atoms with Gasteiger partial charge in [-0.15, -0.1) is 0 Å². The lowest BCUT2D eigenvalue weighted by atomic mass is 10.1. The van der Waals surface area contributed by atoms with Gasteiger partial charge >= 0.3 is 6.18 Å². The number of carbonyl (C=O) groups excluding carboxylic acids is 1. The van der Waals surface area contributed by atoms with Crippen molar-refractivity contribution in [1.82, 2.24) is 0 Å². The monoisotopic (exact) mass is 246 g/mol. The van der Waals surface area contributed by atoms with Gasteiger partial charge in [0, 0.05) is 5.56 Å². The standard InChI is InChI=1S/C12H13F3O2/c1-11(2,3)17-9-5-4-8(7-16)10(6-9)12(13,14)15/h4-7H,1-3H3. The van der Waals surface area contributed by atoms with E-state index < -0.39 is 22.9 Å². The molecule has 94 valence electrons. The van der Waals surface area contributed by atoms with Crippen molar-refractivity contribution in [2.75, 3.05) is 0 Å². The zero-order chi connectivity index (χ0) is 13.3. The normalized spacial score (nSPS) is 12.4. The molecule has 0 unspecified atom stereocenters. The molecule has 0 N–H and O–H groups in total. The van der Waals surface area contributed by atoms with Gasteiger partial charge in [0.05, 0.1) is 5.56 Å². The second-order valence-corrected chi connectivity index (χ2v) is 4.58. The Morgan fingerprint density at radius 1 is 1.18 bits per heavy atom. The molecular formula is C12H13F3O2. The molecule has 0 aliphatic rings. The quantitative estimate of drug-likeness (QED) is 0.744. The molecule has 0 spiro atoms. The van der Waals surface area contributed by atoms with Gasteiger partial charge in [0.2, 0.25) is 0 Å². The summed E-state index contributed by atoms with van der Waals surface area (Å²) in [4.78, 5) is 10.5. The largest absolute Gasteiger partial charge is 0.488 e. The molecule has 0 aliphatic heterocycles. The fourth-order valence-corrected chi connectivity index (χ4v) is 1.30. The molecule has 5 heteroatoms. The summed E-state index contributed by atoms with van der Waals surface area (Å²) in [6.45, 7) is 5.19. The molecular weight excluding hydrogens is 233 g/mol. The van der Waals surface area contributed by atoms with Gasteiger partial charge in [0.15, 0.2) is 6.29 Å². The Hall–Kier alpha value is -1.52. The highest BCUT2D eigenvalue weighted by molar-refractivity contribution is 5.78. The topological polar surface area (TPSA) is 26.3 Å². The van der Waals surface area contributed by atoms with E-state index in [1.807, 2.05) is 0 Å². The highest BCUT2D eigenvalue weighted by atomic mass is 19.4. The first-order valence-corrected chi connectivity index (χ1v) is 4.99. The first-order valence-electron chi connectivity index (χ1n) is 4.99. The number of benzene rings is 1. The zero-order valence-electron chi connectivity index (χ0n) is 9.76. The van der Waals surface area contributed by atoms with E-state index in [1.54, 1.807) is 20.8 Å². The molecule has 17 heavy (non-hydrogen) atoms. The fourth-order valence-electron chi connectivity index (χ4n) is 1.30. The second-order valence-electron chi connectivity index (χ2n) is 4.58. The number of carbonyl (C=O) groups is 1. The third-order valence-electron chi connectivity index (χ3n) is 1.88. The zero-order valence-corrected chi connectivity index (χ0v) is 9.76. The van der Waals surface area contributed by atoms with Crippen LogP contribution >= 0.6 is 0 Å². The molecule has 1 aromatic rings. The van der Waals surface area contributed by atoms with Crippen LogP contribution in [0.15, 0.2) is 18.2 Å². The van der Waals surface area contributed by atoms with Crippen molar-refractivity contribution in [1.29, 1.82) is 0 Å². The van der Waals surface area contributed by atoms with Crippen molar-refractivity contribution < 1.29 is 22.7 Å². The number of hydrogen-bond acceptors (Lipinski definition) is 2. The Morgan fingerprint density at radius 3 is 2.18 bits per heavy atom. The number of hydrogen-bond donors (Lipinski definition) is 0. The molecule has 0 atom stereocenters. The lowest BCUT2D eigenvalue weighted by Crippen LogP contribution is -2.23. The summed E-state index contributed by atoms with van der Waals surface area (Å²) in [7, 11) is 0. The van der Waals surface area contributed by atoms with E-state index in [4.69, 9.17) is 4.74 Å². The van der Waals surface area contributed by atoms with E-state index >= 15 is 0 Å². The van der Waals surface area contributed by atoms with Crippen LogP contribution in [0.4, 0.5) is 13.2 Å². The summed E-state index contributed by atoms with van der Waals surface area (Å²) >= 11 is 0. The van der Waals surface area contributed by atoms with Gasteiger partial charge in [-0.2, -0.15) is 13.2 Å². The van der Waals surface area contributed by atoms with Crippen LogP contribution in [-0.2, 0) is 6.18 Å². The molecule has 0 saturated carbocycles.